The number of aromatic nitrogens is 3. The number of thioether (sulfide) groups is 1. The second kappa shape index (κ2) is 9.15. The topological polar surface area (TPSA) is 57.0 Å². The van der Waals surface area contributed by atoms with Crippen LogP contribution in [-0.4, -0.2) is 33.4 Å². The minimum Gasteiger partial charge on any atom is -0.497 e. The zero-order valence-corrected chi connectivity index (χ0v) is 17.7. The van der Waals surface area contributed by atoms with Crippen molar-refractivity contribution in [3.63, 3.8) is 0 Å². The molecule has 4 aromatic rings. The van der Waals surface area contributed by atoms with Crippen molar-refractivity contribution in [3.05, 3.63) is 89.4 Å². The number of rotatable bonds is 7. The van der Waals surface area contributed by atoms with Crippen molar-refractivity contribution in [2.75, 3.05) is 12.9 Å². The summed E-state index contributed by atoms with van der Waals surface area (Å²) in [5, 5.41) is 10.0. The van der Waals surface area contributed by atoms with Crippen LogP contribution in [0.1, 0.15) is 10.4 Å². The summed E-state index contributed by atoms with van der Waals surface area (Å²) in [6.45, 7) is 0. The molecular weight excluding hydrogens is 418 g/mol. The van der Waals surface area contributed by atoms with Crippen LogP contribution in [-0.2, 0) is 0 Å². The number of carbonyl (C=O) groups is 1. The van der Waals surface area contributed by atoms with E-state index in [0.29, 0.717) is 21.6 Å². The SMILES string of the molecule is COc1ccc(-n2c(SCC(=O)c3ccc(Cl)cc3)nnc2-c2ccccc2)cc1. The second-order valence-electron chi connectivity index (χ2n) is 6.42. The minimum atomic E-state index is 0.00205. The molecule has 3 aromatic carbocycles. The Labute approximate surface area is 183 Å². The lowest BCUT2D eigenvalue weighted by molar-refractivity contribution is 0.102. The van der Waals surface area contributed by atoms with Crippen LogP contribution in [0.5, 0.6) is 5.75 Å². The fraction of sp³-hybridized carbons (Fsp3) is 0.0870. The van der Waals surface area contributed by atoms with Crippen molar-refractivity contribution in [1.29, 1.82) is 0 Å². The summed E-state index contributed by atoms with van der Waals surface area (Å²) >= 11 is 7.26. The Morgan fingerprint density at radius 2 is 1.67 bits per heavy atom. The van der Waals surface area contributed by atoms with E-state index in [1.54, 1.807) is 31.4 Å². The Morgan fingerprint density at radius 1 is 0.967 bits per heavy atom. The van der Waals surface area contributed by atoms with Gasteiger partial charge in [-0.2, -0.15) is 0 Å². The Kier molecular flexibility index (Phi) is 6.16. The van der Waals surface area contributed by atoms with Crippen LogP contribution in [0.4, 0.5) is 0 Å². The molecule has 0 N–H and O–H groups in total. The second-order valence-corrected chi connectivity index (χ2v) is 7.80. The van der Waals surface area contributed by atoms with Gasteiger partial charge in [0, 0.05) is 21.8 Å². The minimum absolute atomic E-state index is 0.00205. The van der Waals surface area contributed by atoms with Gasteiger partial charge in [0.25, 0.3) is 0 Å². The van der Waals surface area contributed by atoms with Gasteiger partial charge in [-0.05, 0) is 48.5 Å². The summed E-state index contributed by atoms with van der Waals surface area (Å²) in [6, 6.07) is 24.4. The van der Waals surface area contributed by atoms with Crippen molar-refractivity contribution >= 4 is 29.1 Å². The highest BCUT2D eigenvalue weighted by Crippen LogP contribution is 2.29. The van der Waals surface area contributed by atoms with E-state index in [4.69, 9.17) is 16.3 Å². The van der Waals surface area contributed by atoms with Crippen LogP contribution in [0.2, 0.25) is 5.02 Å². The first kappa shape index (κ1) is 20.2. The molecule has 0 amide bonds. The lowest BCUT2D eigenvalue weighted by Crippen LogP contribution is -2.05. The van der Waals surface area contributed by atoms with Gasteiger partial charge in [-0.15, -0.1) is 10.2 Å². The number of hydrogen-bond acceptors (Lipinski definition) is 5. The van der Waals surface area contributed by atoms with Gasteiger partial charge in [0.05, 0.1) is 12.9 Å². The monoisotopic (exact) mass is 435 g/mol. The molecule has 0 aliphatic carbocycles. The largest absolute Gasteiger partial charge is 0.497 e. The van der Waals surface area contributed by atoms with Crippen LogP contribution >= 0.6 is 23.4 Å². The maximum Gasteiger partial charge on any atom is 0.196 e. The number of methoxy groups -OCH3 is 1. The number of halogens is 1. The van der Waals surface area contributed by atoms with Gasteiger partial charge >= 0.3 is 0 Å². The van der Waals surface area contributed by atoms with Gasteiger partial charge < -0.3 is 4.74 Å². The number of hydrogen-bond donors (Lipinski definition) is 0. The number of carbonyl (C=O) groups excluding carboxylic acids is 1. The standard InChI is InChI=1S/C23H18ClN3O2S/c1-29-20-13-11-19(12-14-20)27-22(17-5-3-2-4-6-17)25-26-23(27)30-15-21(28)16-7-9-18(24)10-8-16/h2-14H,15H2,1H3. The van der Waals surface area contributed by atoms with E-state index in [-0.39, 0.29) is 11.5 Å². The summed E-state index contributed by atoms with van der Waals surface area (Å²) in [5.74, 6) is 1.72. The molecule has 0 aliphatic rings. The van der Waals surface area contributed by atoms with Gasteiger partial charge in [0.2, 0.25) is 0 Å². The predicted molar refractivity (Wildman–Crippen MR) is 120 cm³/mol. The summed E-state index contributed by atoms with van der Waals surface area (Å²) in [6.07, 6.45) is 0. The molecule has 0 saturated heterocycles. The average molecular weight is 436 g/mol. The van der Waals surface area contributed by atoms with E-state index in [0.717, 1.165) is 17.0 Å². The molecule has 0 spiro atoms. The predicted octanol–water partition coefficient (Wildman–Crippen LogP) is 5.57. The highest BCUT2D eigenvalue weighted by Gasteiger charge is 2.18. The number of ketones is 1. The van der Waals surface area contributed by atoms with Crippen molar-refractivity contribution in [2.24, 2.45) is 0 Å². The molecule has 0 fully saturated rings. The number of Topliss-reactive ketones (excluding diaryl/α,β-unsaturated/α-hetero) is 1. The summed E-state index contributed by atoms with van der Waals surface area (Å²) in [5.41, 5.74) is 2.45. The van der Waals surface area contributed by atoms with Gasteiger partial charge in [0.15, 0.2) is 16.8 Å². The van der Waals surface area contributed by atoms with E-state index >= 15 is 0 Å². The molecule has 30 heavy (non-hydrogen) atoms. The third-order valence-corrected chi connectivity index (χ3v) is 5.68. The number of nitrogens with zero attached hydrogens (tertiary/aromatic N) is 3. The molecule has 0 atom stereocenters. The zero-order chi connectivity index (χ0) is 20.9. The van der Waals surface area contributed by atoms with E-state index < -0.39 is 0 Å². The van der Waals surface area contributed by atoms with Crippen LogP contribution in [0, 0.1) is 0 Å². The summed E-state index contributed by atoms with van der Waals surface area (Å²) in [7, 11) is 1.63. The maximum atomic E-state index is 12.6. The Morgan fingerprint density at radius 3 is 2.33 bits per heavy atom. The molecule has 0 unspecified atom stereocenters. The Balaban J connectivity index is 1.66. The Bertz CT molecular complexity index is 1140. The molecular formula is C23H18ClN3O2S. The normalized spacial score (nSPS) is 10.7. The first-order valence-corrected chi connectivity index (χ1v) is 10.6. The lowest BCUT2D eigenvalue weighted by Gasteiger charge is -2.11. The van der Waals surface area contributed by atoms with Gasteiger partial charge in [-0.3, -0.25) is 9.36 Å². The van der Waals surface area contributed by atoms with Crippen molar-refractivity contribution in [3.8, 4) is 22.8 Å². The molecule has 0 bridgehead atoms. The van der Waals surface area contributed by atoms with Gasteiger partial charge in [-0.25, -0.2) is 0 Å². The number of benzene rings is 3. The Hall–Kier alpha value is -3.09. The maximum absolute atomic E-state index is 12.6. The zero-order valence-electron chi connectivity index (χ0n) is 16.2. The molecule has 0 aliphatic heterocycles. The van der Waals surface area contributed by atoms with Crippen molar-refractivity contribution in [2.45, 2.75) is 5.16 Å². The van der Waals surface area contributed by atoms with E-state index in [1.807, 2.05) is 59.2 Å². The fourth-order valence-corrected chi connectivity index (χ4v) is 3.92. The quantitative estimate of drug-likeness (QED) is 0.280. The van der Waals surface area contributed by atoms with E-state index in [9.17, 15) is 4.79 Å². The molecule has 7 heteroatoms. The third kappa shape index (κ3) is 4.40. The lowest BCUT2D eigenvalue weighted by atomic mass is 10.1. The highest BCUT2D eigenvalue weighted by molar-refractivity contribution is 7.99. The highest BCUT2D eigenvalue weighted by atomic mass is 35.5. The first-order valence-electron chi connectivity index (χ1n) is 9.22. The average Bonchev–Trinajstić information content (AvgIpc) is 3.22. The molecule has 1 heterocycles. The van der Waals surface area contributed by atoms with Crippen molar-refractivity contribution in [1.82, 2.24) is 14.8 Å². The van der Waals surface area contributed by atoms with Crippen LogP contribution in [0.15, 0.2) is 84.0 Å². The summed E-state index contributed by atoms with van der Waals surface area (Å²) < 4.78 is 7.22. The molecule has 150 valence electrons. The van der Waals surface area contributed by atoms with Crippen LogP contribution < -0.4 is 4.74 Å². The van der Waals surface area contributed by atoms with Gasteiger partial charge in [0.1, 0.15) is 5.75 Å². The van der Waals surface area contributed by atoms with Crippen molar-refractivity contribution < 1.29 is 9.53 Å². The van der Waals surface area contributed by atoms with Gasteiger partial charge in [-0.1, -0.05) is 53.7 Å². The third-order valence-electron chi connectivity index (χ3n) is 4.49. The van der Waals surface area contributed by atoms with Crippen LogP contribution in [0.25, 0.3) is 17.1 Å². The fourth-order valence-electron chi connectivity index (χ4n) is 2.95. The van der Waals surface area contributed by atoms with E-state index in [2.05, 4.69) is 10.2 Å². The molecule has 5 nitrogen and oxygen atoms in total. The molecule has 1 aromatic heterocycles. The van der Waals surface area contributed by atoms with E-state index in [1.165, 1.54) is 11.8 Å². The number of ether oxygens (including phenoxy) is 1. The smallest absolute Gasteiger partial charge is 0.196 e. The summed E-state index contributed by atoms with van der Waals surface area (Å²) in [4.78, 5) is 12.6. The van der Waals surface area contributed by atoms with Crippen LogP contribution in [0.3, 0.4) is 0 Å². The molecule has 4 rings (SSSR count). The molecule has 0 radical (unpaired) electrons. The first-order chi connectivity index (χ1) is 14.7. The molecule has 0 saturated carbocycles.